The lowest BCUT2D eigenvalue weighted by Gasteiger charge is -2.10. The smallest absolute Gasteiger partial charge is 0.274 e. The highest BCUT2D eigenvalue weighted by molar-refractivity contribution is 5.77. The van der Waals surface area contributed by atoms with Crippen LogP contribution in [0.25, 0.3) is 22.6 Å². The van der Waals surface area contributed by atoms with Crippen LogP contribution in [0.1, 0.15) is 25.4 Å². The van der Waals surface area contributed by atoms with E-state index in [1.54, 1.807) is 29.5 Å². The molecule has 4 heterocycles. The Bertz CT molecular complexity index is 1060. The van der Waals surface area contributed by atoms with Crippen molar-refractivity contribution >= 4 is 16.7 Å². The van der Waals surface area contributed by atoms with Crippen LogP contribution < -0.4 is 5.56 Å². The molecule has 0 aromatic carbocycles. The Morgan fingerprint density at radius 1 is 1.22 bits per heavy atom. The predicted octanol–water partition coefficient (Wildman–Crippen LogP) is 1.28. The van der Waals surface area contributed by atoms with Crippen LogP contribution >= 0.6 is 0 Å². The molecular weight excluding hydrogens is 294 g/mol. The van der Waals surface area contributed by atoms with Crippen LogP contribution in [0, 0.1) is 0 Å². The molecule has 8 heteroatoms. The van der Waals surface area contributed by atoms with E-state index in [4.69, 9.17) is 0 Å². The zero-order chi connectivity index (χ0) is 16.0. The molecule has 8 nitrogen and oxygen atoms in total. The summed E-state index contributed by atoms with van der Waals surface area (Å²) in [6.07, 6.45) is 8.09. The fourth-order valence-electron chi connectivity index (χ4n) is 2.73. The van der Waals surface area contributed by atoms with Crippen molar-refractivity contribution in [2.75, 3.05) is 0 Å². The monoisotopic (exact) mass is 309 g/mol. The Labute approximate surface area is 130 Å². The topological polar surface area (TPSA) is 93.8 Å². The van der Waals surface area contributed by atoms with E-state index in [1.807, 2.05) is 18.2 Å². The summed E-state index contributed by atoms with van der Waals surface area (Å²) in [5.41, 5.74) is 2.41. The van der Waals surface area contributed by atoms with Gasteiger partial charge in [0.05, 0.1) is 11.9 Å². The molecule has 116 valence electrons. The van der Waals surface area contributed by atoms with Crippen LogP contribution in [0.5, 0.6) is 0 Å². The number of aromatic nitrogens is 7. The second-order valence-electron chi connectivity index (χ2n) is 5.20. The van der Waals surface area contributed by atoms with Crippen molar-refractivity contribution in [3.8, 4) is 5.95 Å². The maximum absolute atomic E-state index is 12.3. The number of rotatable bonds is 3. The van der Waals surface area contributed by atoms with Crippen LogP contribution in [-0.2, 0) is 12.8 Å². The number of nitrogens with one attached hydrogen (secondary N) is 1. The summed E-state index contributed by atoms with van der Waals surface area (Å²) < 4.78 is 3.56. The van der Waals surface area contributed by atoms with E-state index < -0.39 is 0 Å². The molecule has 0 aliphatic carbocycles. The van der Waals surface area contributed by atoms with Crippen molar-refractivity contribution in [1.29, 1.82) is 0 Å². The standard InChI is InChI=1S/C15H15N7O/c1-3-9-12-13(20-15(18-9)21-6-5-16-8-21)22-10(14(23)19-12)7-17-11(22)4-2/h5-8H,3-4H2,1-2H3,(H,19,23). The van der Waals surface area contributed by atoms with E-state index in [-0.39, 0.29) is 5.56 Å². The minimum absolute atomic E-state index is 0.182. The Morgan fingerprint density at radius 2 is 2.09 bits per heavy atom. The Hall–Kier alpha value is -3.03. The minimum Gasteiger partial charge on any atom is -0.316 e. The minimum atomic E-state index is -0.182. The van der Waals surface area contributed by atoms with E-state index in [0.717, 1.165) is 11.5 Å². The largest absolute Gasteiger partial charge is 0.316 e. The van der Waals surface area contributed by atoms with E-state index >= 15 is 0 Å². The molecule has 4 aromatic rings. The van der Waals surface area contributed by atoms with Gasteiger partial charge in [-0.3, -0.25) is 13.8 Å². The van der Waals surface area contributed by atoms with Gasteiger partial charge >= 0.3 is 0 Å². The molecule has 0 aliphatic heterocycles. The molecular formula is C15H15N7O. The molecule has 0 saturated heterocycles. The molecule has 23 heavy (non-hydrogen) atoms. The Morgan fingerprint density at radius 3 is 2.78 bits per heavy atom. The zero-order valence-electron chi connectivity index (χ0n) is 12.8. The van der Waals surface area contributed by atoms with Crippen molar-refractivity contribution in [2.45, 2.75) is 26.7 Å². The predicted molar refractivity (Wildman–Crippen MR) is 84.8 cm³/mol. The van der Waals surface area contributed by atoms with Crippen LogP contribution in [0.3, 0.4) is 0 Å². The Balaban J connectivity index is 2.19. The lowest BCUT2D eigenvalue weighted by molar-refractivity contribution is 0.877. The fourth-order valence-corrected chi connectivity index (χ4v) is 2.73. The highest BCUT2D eigenvalue weighted by atomic mass is 16.1. The number of aromatic amines is 1. The van der Waals surface area contributed by atoms with Gasteiger partial charge in [0.15, 0.2) is 5.65 Å². The third-order valence-electron chi connectivity index (χ3n) is 3.86. The molecule has 0 bridgehead atoms. The molecule has 4 rings (SSSR count). The highest BCUT2D eigenvalue weighted by Crippen LogP contribution is 2.17. The van der Waals surface area contributed by atoms with E-state index in [1.165, 1.54) is 0 Å². The molecule has 0 saturated carbocycles. The van der Waals surface area contributed by atoms with Crippen LogP contribution in [0.4, 0.5) is 0 Å². The summed E-state index contributed by atoms with van der Waals surface area (Å²) in [4.78, 5) is 32.8. The number of aryl methyl sites for hydroxylation is 2. The van der Waals surface area contributed by atoms with Crippen LogP contribution in [0.2, 0.25) is 0 Å². The van der Waals surface area contributed by atoms with E-state index in [0.29, 0.717) is 35.5 Å². The van der Waals surface area contributed by atoms with Crippen molar-refractivity contribution in [1.82, 2.24) is 33.9 Å². The first kappa shape index (κ1) is 13.6. The second-order valence-corrected chi connectivity index (χ2v) is 5.20. The molecule has 0 amide bonds. The summed E-state index contributed by atoms with van der Waals surface area (Å²) in [6, 6.07) is 0. The van der Waals surface area contributed by atoms with Gasteiger partial charge in [-0.1, -0.05) is 13.8 Å². The van der Waals surface area contributed by atoms with Gasteiger partial charge in [0.1, 0.15) is 23.2 Å². The first-order chi connectivity index (χ1) is 11.2. The molecule has 0 radical (unpaired) electrons. The number of nitrogens with zero attached hydrogens (tertiary/aromatic N) is 6. The summed E-state index contributed by atoms with van der Waals surface area (Å²) in [6.45, 7) is 4.00. The molecule has 0 unspecified atom stereocenters. The van der Waals surface area contributed by atoms with Gasteiger partial charge in [-0.25, -0.2) is 15.0 Å². The second kappa shape index (κ2) is 5.01. The van der Waals surface area contributed by atoms with Crippen molar-refractivity contribution < 1.29 is 0 Å². The van der Waals surface area contributed by atoms with Crippen molar-refractivity contribution in [3.63, 3.8) is 0 Å². The number of H-pyrrole nitrogens is 1. The summed E-state index contributed by atoms with van der Waals surface area (Å²) in [5, 5.41) is 0. The molecule has 1 N–H and O–H groups in total. The van der Waals surface area contributed by atoms with Crippen molar-refractivity contribution in [3.05, 3.63) is 46.8 Å². The first-order valence-corrected chi connectivity index (χ1v) is 7.50. The quantitative estimate of drug-likeness (QED) is 0.615. The van der Waals surface area contributed by atoms with Gasteiger partial charge in [0.2, 0.25) is 5.95 Å². The van der Waals surface area contributed by atoms with Gasteiger partial charge in [0.25, 0.3) is 5.56 Å². The lowest BCUT2D eigenvalue weighted by Crippen LogP contribution is -2.15. The van der Waals surface area contributed by atoms with E-state index in [9.17, 15) is 4.79 Å². The maximum atomic E-state index is 12.3. The molecule has 4 aromatic heterocycles. The van der Waals surface area contributed by atoms with Crippen molar-refractivity contribution in [2.24, 2.45) is 0 Å². The average molecular weight is 309 g/mol. The van der Waals surface area contributed by atoms with E-state index in [2.05, 4.69) is 24.9 Å². The Kier molecular flexibility index (Phi) is 2.97. The number of hydrogen-bond acceptors (Lipinski definition) is 5. The van der Waals surface area contributed by atoms with Crippen LogP contribution in [-0.4, -0.2) is 33.9 Å². The molecule has 0 atom stereocenters. The molecule has 0 aliphatic rings. The van der Waals surface area contributed by atoms with Gasteiger partial charge in [-0.05, 0) is 6.42 Å². The average Bonchev–Trinajstić information content (AvgIpc) is 3.24. The normalized spacial score (nSPS) is 11.6. The highest BCUT2D eigenvalue weighted by Gasteiger charge is 2.16. The van der Waals surface area contributed by atoms with Crippen LogP contribution in [0.15, 0.2) is 29.7 Å². The van der Waals surface area contributed by atoms with Gasteiger partial charge in [0, 0.05) is 18.8 Å². The zero-order valence-corrected chi connectivity index (χ0v) is 12.8. The molecule has 0 spiro atoms. The number of imidazole rings is 2. The van der Waals surface area contributed by atoms with Gasteiger partial charge in [-0.15, -0.1) is 0 Å². The number of hydrogen-bond donors (Lipinski definition) is 1. The van der Waals surface area contributed by atoms with Gasteiger partial charge < -0.3 is 4.98 Å². The fraction of sp³-hybridized carbons (Fsp3) is 0.267. The number of fused-ring (bicyclic) bond motifs is 3. The lowest BCUT2D eigenvalue weighted by atomic mass is 10.3. The summed E-state index contributed by atoms with van der Waals surface area (Å²) in [7, 11) is 0. The third kappa shape index (κ3) is 1.95. The summed E-state index contributed by atoms with van der Waals surface area (Å²) >= 11 is 0. The SMILES string of the molecule is CCc1nc(-n2ccnc2)nc2c1[nH]c(=O)c1cnc(CC)n12. The van der Waals surface area contributed by atoms with Gasteiger partial charge in [-0.2, -0.15) is 4.98 Å². The summed E-state index contributed by atoms with van der Waals surface area (Å²) in [5.74, 6) is 1.32. The maximum Gasteiger partial charge on any atom is 0.274 e. The first-order valence-electron chi connectivity index (χ1n) is 7.50. The molecule has 0 fully saturated rings. The third-order valence-corrected chi connectivity index (χ3v) is 3.86.